The second-order valence-corrected chi connectivity index (χ2v) is 11.7. The Bertz CT molecular complexity index is 1510. The highest BCUT2D eigenvalue weighted by molar-refractivity contribution is 6.06. The summed E-state index contributed by atoms with van der Waals surface area (Å²) < 4.78 is 0. The molecule has 6 nitrogen and oxygen atoms in total. The number of nitrogens with zero attached hydrogens (tertiary/aromatic N) is 2. The summed E-state index contributed by atoms with van der Waals surface area (Å²) >= 11 is 0. The molecular weight excluding hydrogens is 532 g/mol. The molecule has 0 bridgehead atoms. The Kier molecular flexibility index (Phi) is 9.14. The summed E-state index contributed by atoms with van der Waals surface area (Å²) in [7, 11) is 0. The molecule has 1 saturated heterocycles. The minimum atomic E-state index is -0.194. The lowest BCUT2D eigenvalue weighted by atomic mass is 9.95. The minimum absolute atomic E-state index is 0.0584. The van der Waals surface area contributed by atoms with E-state index >= 15 is 0 Å². The van der Waals surface area contributed by atoms with Crippen LogP contribution < -0.4 is 15.5 Å². The molecule has 0 spiro atoms. The number of piperazine rings is 1. The van der Waals surface area contributed by atoms with E-state index in [9.17, 15) is 9.59 Å². The fourth-order valence-electron chi connectivity index (χ4n) is 6.22. The molecule has 43 heavy (non-hydrogen) atoms. The van der Waals surface area contributed by atoms with Crippen molar-refractivity contribution in [1.82, 2.24) is 10.2 Å². The maximum absolute atomic E-state index is 13.7. The van der Waals surface area contributed by atoms with Gasteiger partial charge in [0, 0.05) is 55.7 Å². The number of rotatable bonds is 8. The van der Waals surface area contributed by atoms with Crippen LogP contribution in [0.5, 0.6) is 0 Å². The molecule has 2 N–H and O–H groups in total. The number of hydrogen-bond donors (Lipinski definition) is 2. The zero-order chi connectivity index (χ0) is 29.4. The van der Waals surface area contributed by atoms with Crippen LogP contribution in [0.25, 0.3) is 11.1 Å². The molecule has 1 heterocycles. The second kappa shape index (κ2) is 13.7. The Labute approximate surface area is 254 Å². The van der Waals surface area contributed by atoms with Crippen LogP contribution in [0, 0.1) is 0 Å². The van der Waals surface area contributed by atoms with Gasteiger partial charge in [0.15, 0.2) is 0 Å². The van der Waals surface area contributed by atoms with Crippen molar-refractivity contribution in [2.45, 2.75) is 44.7 Å². The van der Waals surface area contributed by atoms with Crippen LogP contribution >= 0.6 is 0 Å². The van der Waals surface area contributed by atoms with Gasteiger partial charge in [-0.2, -0.15) is 0 Å². The Morgan fingerprint density at radius 1 is 0.674 bits per heavy atom. The smallest absolute Gasteiger partial charge is 0.255 e. The standard InChI is InChI=1S/C37H40N4O2/c42-36(31-18-16-30(17-19-31)29-12-6-2-7-13-29)39-33-20-21-35(34(26-33)37(43)38-32-14-8-3-9-15-32)41-24-22-40(23-25-41)27-28-10-4-1-5-11-28/h1-2,4-7,10-13,16-21,26,32H,3,8-9,14-15,22-25,27H2,(H,38,43)(H,39,42). The summed E-state index contributed by atoms with van der Waals surface area (Å²) in [5.41, 5.74) is 6.24. The molecule has 220 valence electrons. The summed E-state index contributed by atoms with van der Waals surface area (Å²) in [4.78, 5) is 31.7. The quantitative estimate of drug-likeness (QED) is 0.239. The second-order valence-electron chi connectivity index (χ2n) is 11.7. The molecule has 1 aliphatic carbocycles. The van der Waals surface area contributed by atoms with E-state index in [0.29, 0.717) is 16.8 Å². The number of benzene rings is 4. The highest BCUT2D eigenvalue weighted by atomic mass is 16.2. The first kappa shape index (κ1) is 28.7. The Balaban J connectivity index is 1.17. The highest BCUT2D eigenvalue weighted by Gasteiger charge is 2.24. The number of nitrogens with one attached hydrogen (secondary N) is 2. The van der Waals surface area contributed by atoms with Crippen molar-refractivity contribution >= 4 is 23.2 Å². The predicted octanol–water partition coefficient (Wildman–Crippen LogP) is 6.99. The molecule has 1 saturated carbocycles. The number of carbonyl (C=O) groups is 2. The SMILES string of the molecule is O=C(Nc1ccc(N2CCN(Cc3ccccc3)CC2)c(C(=O)NC2CCCCC2)c1)c1ccc(-c2ccccc2)cc1. The zero-order valence-electron chi connectivity index (χ0n) is 24.7. The molecule has 0 aromatic heterocycles. The van der Waals surface area contributed by atoms with E-state index in [1.54, 1.807) is 0 Å². The zero-order valence-corrected chi connectivity index (χ0v) is 24.7. The van der Waals surface area contributed by atoms with Crippen LogP contribution in [0.15, 0.2) is 103 Å². The van der Waals surface area contributed by atoms with Gasteiger partial charge in [0.1, 0.15) is 0 Å². The van der Waals surface area contributed by atoms with E-state index < -0.39 is 0 Å². The topological polar surface area (TPSA) is 64.7 Å². The average molecular weight is 573 g/mol. The molecule has 6 rings (SSSR count). The van der Waals surface area contributed by atoms with E-state index in [1.807, 2.05) is 60.7 Å². The third kappa shape index (κ3) is 7.33. The molecule has 1 aliphatic heterocycles. The van der Waals surface area contributed by atoms with Crippen LogP contribution in [0.3, 0.4) is 0 Å². The van der Waals surface area contributed by atoms with Gasteiger partial charge in [-0.25, -0.2) is 0 Å². The minimum Gasteiger partial charge on any atom is -0.368 e. The van der Waals surface area contributed by atoms with Gasteiger partial charge in [0.05, 0.1) is 5.56 Å². The first-order valence-electron chi connectivity index (χ1n) is 15.6. The first-order valence-corrected chi connectivity index (χ1v) is 15.6. The maximum atomic E-state index is 13.7. The van der Waals surface area contributed by atoms with E-state index in [-0.39, 0.29) is 17.9 Å². The Hall–Kier alpha value is -4.42. The fraction of sp³-hybridized carbons (Fsp3) is 0.297. The lowest BCUT2D eigenvalue weighted by Crippen LogP contribution is -2.46. The molecular formula is C37H40N4O2. The van der Waals surface area contributed by atoms with Crippen LogP contribution in [0.2, 0.25) is 0 Å². The van der Waals surface area contributed by atoms with Gasteiger partial charge in [-0.1, -0.05) is 92.1 Å². The summed E-state index contributed by atoms with van der Waals surface area (Å²) in [6.07, 6.45) is 5.59. The summed E-state index contributed by atoms with van der Waals surface area (Å²) in [6, 6.07) is 34.3. The van der Waals surface area contributed by atoms with Crippen molar-refractivity contribution in [1.29, 1.82) is 0 Å². The normalized spacial score (nSPS) is 16.0. The number of hydrogen-bond acceptors (Lipinski definition) is 4. The van der Waals surface area contributed by atoms with Gasteiger partial charge in [-0.3, -0.25) is 14.5 Å². The van der Waals surface area contributed by atoms with E-state index in [2.05, 4.69) is 62.9 Å². The molecule has 6 heteroatoms. The molecule has 2 fully saturated rings. The molecule has 0 radical (unpaired) electrons. The molecule has 2 amide bonds. The first-order chi connectivity index (χ1) is 21.1. The van der Waals surface area contributed by atoms with Crippen molar-refractivity contribution < 1.29 is 9.59 Å². The van der Waals surface area contributed by atoms with Crippen molar-refractivity contribution in [2.75, 3.05) is 36.4 Å². The van der Waals surface area contributed by atoms with E-state index in [1.165, 1.54) is 12.0 Å². The van der Waals surface area contributed by atoms with Crippen molar-refractivity contribution in [3.05, 3.63) is 120 Å². The third-order valence-electron chi connectivity index (χ3n) is 8.66. The predicted molar refractivity (Wildman–Crippen MR) is 175 cm³/mol. The van der Waals surface area contributed by atoms with Gasteiger partial charge in [0.25, 0.3) is 11.8 Å². The molecule has 0 atom stereocenters. The Morgan fingerprint density at radius 2 is 1.33 bits per heavy atom. The van der Waals surface area contributed by atoms with Gasteiger partial charge < -0.3 is 15.5 Å². The monoisotopic (exact) mass is 572 g/mol. The number of anilines is 2. The van der Waals surface area contributed by atoms with Crippen molar-refractivity contribution in [2.24, 2.45) is 0 Å². The van der Waals surface area contributed by atoms with Crippen LogP contribution in [0.1, 0.15) is 58.4 Å². The molecule has 4 aromatic carbocycles. The highest BCUT2D eigenvalue weighted by Crippen LogP contribution is 2.28. The summed E-state index contributed by atoms with van der Waals surface area (Å²) in [5.74, 6) is -0.252. The fourth-order valence-corrected chi connectivity index (χ4v) is 6.22. The lowest BCUT2D eigenvalue weighted by molar-refractivity contribution is 0.0927. The van der Waals surface area contributed by atoms with E-state index in [4.69, 9.17) is 0 Å². The van der Waals surface area contributed by atoms with Gasteiger partial charge in [-0.15, -0.1) is 0 Å². The van der Waals surface area contributed by atoms with Crippen molar-refractivity contribution in [3.8, 4) is 11.1 Å². The summed E-state index contributed by atoms with van der Waals surface area (Å²) in [6.45, 7) is 4.47. The number of amides is 2. The van der Waals surface area contributed by atoms with Crippen LogP contribution in [0.4, 0.5) is 11.4 Å². The number of carbonyl (C=O) groups excluding carboxylic acids is 2. The van der Waals surface area contributed by atoms with Gasteiger partial charge >= 0.3 is 0 Å². The summed E-state index contributed by atoms with van der Waals surface area (Å²) in [5, 5.41) is 6.34. The Morgan fingerprint density at radius 3 is 2.02 bits per heavy atom. The lowest BCUT2D eigenvalue weighted by Gasteiger charge is -2.37. The van der Waals surface area contributed by atoms with Crippen LogP contribution in [-0.4, -0.2) is 48.9 Å². The van der Waals surface area contributed by atoms with E-state index in [0.717, 1.165) is 75.2 Å². The molecule has 4 aromatic rings. The average Bonchev–Trinajstić information content (AvgIpc) is 3.06. The third-order valence-corrected chi connectivity index (χ3v) is 8.66. The van der Waals surface area contributed by atoms with Gasteiger partial charge in [0.2, 0.25) is 0 Å². The maximum Gasteiger partial charge on any atom is 0.255 e. The van der Waals surface area contributed by atoms with Crippen LogP contribution in [-0.2, 0) is 6.54 Å². The largest absolute Gasteiger partial charge is 0.368 e. The molecule has 0 unspecified atom stereocenters. The van der Waals surface area contributed by atoms with Crippen molar-refractivity contribution in [3.63, 3.8) is 0 Å². The molecule has 2 aliphatic rings. The van der Waals surface area contributed by atoms with Gasteiger partial charge in [-0.05, 0) is 59.9 Å².